The lowest BCUT2D eigenvalue weighted by Crippen LogP contribution is -2.33. The molecule has 1 aromatic heterocycles. The molecule has 2 heterocycles. The fourth-order valence-corrected chi connectivity index (χ4v) is 5.96. The van der Waals surface area contributed by atoms with Crippen molar-refractivity contribution in [3.63, 3.8) is 0 Å². The lowest BCUT2D eigenvalue weighted by Gasteiger charge is -2.23. The SMILES string of the molecule is Cc1ccc(S(=O)(=O)N2CCCC[C@@H](c3ccccc3)C2)s1. The topological polar surface area (TPSA) is 37.4 Å². The molecule has 5 heteroatoms. The van der Waals surface area contributed by atoms with Gasteiger partial charge in [0.2, 0.25) is 0 Å². The fourth-order valence-electron chi connectivity index (χ4n) is 3.00. The van der Waals surface area contributed by atoms with Gasteiger partial charge in [0.05, 0.1) is 0 Å². The summed E-state index contributed by atoms with van der Waals surface area (Å²) in [6.07, 6.45) is 3.07. The Morgan fingerprint density at radius 2 is 1.86 bits per heavy atom. The summed E-state index contributed by atoms with van der Waals surface area (Å²) in [4.78, 5) is 1.04. The molecule has 0 N–H and O–H groups in total. The molecule has 1 saturated heterocycles. The minimum Gasteiger partial charge on any atom is -0.206 e. The maximum atomic E-state index is 12.9. The largest absolute Gasteiger partial charge is 0.252 e. The molecule has 1 fully saturated rings. The number of benzene rings is 1. The zero-order valence-electron chi connectivity index (χ0n) is 12.7. The van der Waals surface area contributed by atoms with Crippen LogP contribution in [0.4, 0.5) is 0 Å². The second kappa shape index (κ2) is 6.52. The van der Waals surface area contributed by atoms with Crippen LogP contribution in [-0.4, -0.2) is 25.8 Å². The summed E-state index contributed by atoms with van der Waals surface area (Å²) in [7, 11) is -3.35. The highest BCUT2D eigenvalue weighted by atomic mass is 32.2. The molecule has 1 aliphatic rings. The van der Waals surface area contributed by atoms with Gasteiger partial charge in [-0.3, -0.25) is 0 Å². The van der Waals surface area contributed by atoms with Gasteiger partial charge in [-0.05, 0) is 43.4 Å². The molecule has 118 valence electrons. The third-order valence-electron chi connectivity index (χ3n) is 4.21. The molecule has 0 bridgehead atoms. The van der Waals surface area contributed by atoms with E-state index >= 15 is 0 Å². The number of aryl methyl sites for hydroxylation is 1. The van der Waals surface area contributed by atoms with Gasteiger partial charge in [0.15, 0.2) is 0 Å². The molecule has 0 radical (unpaired) electrons. The van der Waals surface area contributed by atoms with Crippen LogP contribution in [0.25, 0.3) is 0 Å². The van der Waals surface area contributed by atoms with E-state index in [-0.39, 0.29) is 0 Å². The van der Waals surface area contributed by atoms with Gasteiger partial charge in [-0.25, -0.2) is 8.42 Å². The lowest BCUT2D eigenvalue weighted by molar-refractivity contribution is 0.407. The normalized spacial score (nSPS) is 20.7. The van der Waals surface area contributed by atoms with Gasteiger partial charge in [0, 0.05) is 18.0 Å². The summed E-state index contributed by atoms with van der Waals surface area (Å²) >= 11 is 1.36. The number of hydrogen-bond donors (Lipinski definition) is 0. The van der Waals surface area contributed by atoms with Crippen molar-refractivity contribution >= 4 is 21.4 Å². The molecule has 1 aliphatic heterocycles. The van der Waals surface area contributed by atoms with Crippen molar-refractivity contribution in [2.75, 3.05) is 13.1 Å². The summed E-state index contributed by atoms with van der Waals surface area (Å²) in [5.74, 6) is 0.291. The third kappa shape index (κ3) is 3.26. The first-order chi connectivity index (χ1) is 10.6. The third-order valence-corrected chi connectivity index (χ3v) is 7.55. The molecule has 0 saturated carbocycles. The van der Waals surface area contributed by atoms with Crippen molar-refractivity contribution in [1.82, 2.24) is 4.31 Å². The van der Waals surface area contributed by atoms with Crippen molar-refractivity contribution in [3.05, 3.63) is 52.9 Å². The van der Waals surface area contributed by atoms with E-state index in [0.29, 0.717) is 23.2 Å². The maximum Gasteiger partial charge on any atom is 0.252 e. The number of sulfonamides is 1. The van der Waals surface area contributed by atoms with Crippen LogP contribution in [0, 0.1) is 6.92 Å². The Morgan fingerprint density at radius 3 is 2.55 bits per heavy atom. The van der Waals surface area contributed by atoms with E-state index in [9.17, 15) is 8.42 Å². The van der Waals surface area contributed by atoms with Crippen molar-refractivity contribution in [2.45, 2.75) is 36.3 Å². The Morgan fingerprint density at radius 1 is 1.09 bits per heavy atom. The van der Waals surface area contributed by atoms with Crippen LogP contribution >= 0.6 is 11.3 Å². The van der Waals surface area contributed by atoms with E-state index in [1.165, 1.54) is 16.9 Å². The van der Waals surface area contributed by atoms with Gasteiger partial charge in [0.25, 0.3) is 10.0 Å². The molecule has 1 atom stereocenters. The van der Waals surface area contributed by atoms with Crippen LogP contribution in [0.2, 0.25) is 0 Å². The maximum absolute atomic E-state index is 12.9. The second-order valence-electron chi connectivity index (χ2n) is 5.83. The van der Waals surface area contributed by atoms with E-state index in [0.717, 1.165) is 24.1 Å². The van der Waals surface area contributed by atoms with Gasteiger partial charge in [-0.15, -0.1) is 11.3 Å². The van der Waals surface area contributed by atoms with Crippen molar-refractivity contribution in [3.8, 4) is 0 Å². The van der Waals surface area contributed by atoms with Gasteiger partial charge in [0.1, 0.15) is 4.21 Å². The Labute approximate surface area is 136 Å². The number of hydrogen-bond acceptors (Lipinski definition) is 3. The minimum absolute atomic E-state index is 0.291. The molecule has 22 heavy (non-hydrogen) atoms. The molecule has 1 aromatic carbocycles. The number of rotatable bonds is 3. The smallest absolute Gasteiger partial charge is 0.206 e. The molecule has 0 unspecified atom stereocenters. The number of nitrogens with zero attached hydrogens (tertiary/aromatic N) is 1. The summed E-state index contributed by atoms with van der Waals surface area (Å²) in [5, 5.41) is 0. The molecule has 0 amide bonds. The lowest BCUT2D eigenvalue weighted by atomic mass is 9.95. The molecular weight excluding hydrogens is 314 g/mol. The molecule has 3 rings (SSSR count). The quantitative estimate of drug-likeness (QED) is 0.850. The highest BCUT2D eigenvalue weighted by molar-refractivity contribution is 7.91. The van der Waals surface area contributed by atoms with Crippen LogP contribution in [0.5, 0.6) is 0 Å². The predicted octanol–water partition coefficient (Wildman–Crippen LogP) is 4.01. The van der Waals surface area contributed by atoms with Crippen molar-refractivity contribution in [2.24, 2.45) is 0 Å². The van der Waals surface area contributed by atoms with E-state index in [2.05, 4.69) is 12.1 Å². The molecule has 3 nitrogen and oxygen atoms in total. The molecular formula is C17H21NO2S2. The predicted molar refractivity (Wildman–Crippen MR) is 90.8 cm³/mol. The Hall–Kier alpha value is -1.17. The Kier molecular flexibility index (Phi) is 4.66. The first-order valence-corrected chi connectivity index (χ1v) is 9.94. The zero-order chi connectivity index (χ0) is 15.6. The van der Waals surface area contributed by atoms with E-state index in [1.54, 1.807) is 10.4 Å². The van der Waals surface area contributed by atoms with Crippen LogP contribution < -0.4 is 0 Å². The minimum atomic E-state index is -3.35. The molecule has 2 aromatic rings. The monoisotopic (exact) mass is 335 g/mol. The first-order valence-electron chi connectivity index (χ1n) is 7.69. The summed E-state index contributed by atoms with van der Waals surface area (Å²) in [5.41, 5.74) is 1.24. The second-order valence-corrected chi connectivity index (χ2v) is 9.28. The van der Waals surface area contributed by atoms with E-state index in [1.807, 2.05) is 31.2 Å². The average molecular weight is 335 g/mol. The van der Waals surface area contributed by atoms with Gasteiger partial charge >= 0.3 is 0 Å². The van der Waals surface area contributed by atoms with Gasteiger partial charge in [-0.1, -0.05) is 36.8 Å². The Bertz CT molecular complexity index is 722. The van der Waals surface area contributed by atoms with E-state index in [4.69, 9.17) is 0 Å². The summed E-state index contributed by atoms with van der Waals surface area (Å²) in [6.45, 7) is 3.16. The molecule has 0 spiro atoms. The highest BCUT2D eigenvalue weighted by Crippen LogP contribution is 2.31. The standard InChI is InChI=1S/C17H21NO2S2/c1-14-10-11-17(21-14)22(19,20)18-12-6-5-9-16(13-18)15-7-3-2-4-8-15/h2-4,7-8,10-11,16H,5-6,9,12-13H2,1H3/t16-/m1/s1. The molecule has 0 aliphatic carbocycles. The first kappa shape index (κ1) is 15.7. The van der Waals surface area contributed by atoms with Gasteiger partial charge in [-0.2, -0.15) is 4.31 Å². The van der Waals surface area contributed by atoms with Crippen molar-refractivity contribution in [1.29, 1.82) is 0 Å². The highest BCUT2D eigenvalue weighted by Gasteiger charge is 2.30. The van der Waals surface area contributed by atoms with Gasteiger partial charge < -0.3 is 0 Å². The number of thiophene rings is 1. The van der Waals surface area contributed by atoms with Crippen LogP contribution in [0.1, 0.15) is 35.6 Å². The fraction of sp³-hybridized carbons (Fsp3) is 0.412. The average Bonchev–Trinajstić information content (AvgIpc) is 2.82. The zero-order valence-corrected chi connectivity index (χ0v) is 14.4. The summed E-state index contributed by atoms with van der Waals surface area (Å²) < 4.78 is 27.9. The van der Waals surface area contributed by atoms with Crippen molar-refractivity contribution < 1.29 is 8.42 Å². The van der Waals surface area contributed by atoms with Crippen LogP contribution in [-0.2, 0) is 10.0 Å². The van der Waals surface area contributed by atoms with E-state index < -0.39 is 10.0 Å². The Balaban J connectivity index is 1.87. The van der Waals surface area contributed by atoms with Crippen LogP contribution in [0.15, 0.2) is 46.7 Å². The van der Waals surface area contributed by atoms with Crippen LogP contribution in [0.3, 0.4) is 0 Å². The summed E-state index contributed by atoms with van der Waals surface area (Å²) in [6, 6.07) is 13.9.